The predicted molar refractivity (Wildman–Crippen MR) is 79.2 cm³/mol. The zero-order chi connectivity index (χ0) is 15.7. The van der Waals surface area contributed by atoms with Crippen molar-refractivity contribution >= 4 is 23.2 Å². The molecular weight excluding hydrogens is 291 g/mol. The summed E-state index contributed by atoms with van der Waals surface area (Å²) in [5, 5.41) is 0. The predicted octanol–water partition coefficient (Wildman–Crippen LogP) is 4.14. The first-order chi connectivity index (χ1) is 10.5. The SMILES string of the molecule is O=C(N1C/C(=C\c2ccccc2)c2ccccc21)C(F)(F)F. The van der Waals surface area contributed by atoms with Crippen LogP contribution in [-0.4, -0.2) is 18.6 Å². The molecule has 0 fully saturated rings. The molecule has 2 aromatic carbocycles. The minimum Gasteiger partial charge on any atom is -0.300 e. The Labute approximate surface area is 125 Å². The van der Waals surface area contributed by atoms with Gasteiger partial charge < -0.3 is 0 Å². The Morgan fingerprint density at radius 1 is 1.00 bits per heavy atom. The smallest absolute Gasteiger partial charge is 0.300 e. The molecule has 2 nitrogen and oxygen atoms in total. The fourth-order valence-corrected chi connectivity index (χ4v) is 2.53. The number of amides is 1. The fraction of sp³-hybridized carbons (Fsp3) is 0.118. The Kier molecular flexibility index (Phi) is 3.48. The number of fused-ring (bicyclic) bond motifs is 1. The monoisotopic (exact) mass is 303 g/mol. The van der Waals surface area contributed by atoms with Crippen LogP contribution in [0.3, 0.4) is 0 Å². The van der Waals surface area contributed by atoms with Crippen LogP contribution in [0.5, 0.6) is 0 Å². The summed E-state index contributed by atoms with van der Waals surface area (Å²) in [6.07, 6.45) is -3.07. The Morgan fingerprint density at radius 2 is 1.64 bits per heavy atom. The third-order valence-corrected chi connectivity index (χ3v) is 3.50. The van der Waals surface area contributed by atoms with Crippen molar-refractivity contribution < 1.29 is 18.0 Å². The number of rotatable bonds is 1. The molecule has 0 bridgehead atoms. The van der Waals surface area contributed by atoms with Gasteiger partial charge in [0.1, 0.15) is 0 Å². The van der Waals surface area contributed by atoms with Crippen LogP contribution in [0.4, 0.5) is 18.9 Å². The van der Waals surface area contributed by atoms with Gasteiger partial charge in [-0.2, -0.15) is 13.2 Å². The molecule has 1 aliphatic heterocycles. The van der Waals surface area contributed by atoms with Crippen LogP contribution < -0.4 is 4.90 Å². The molecule has 2 aromatic rings. The van der Waals surface area contributed by atoms with Gasteiger partial charge in [0, 0.05) is 5.56 Å². The highest BCUT2D eigenvalue weighted by molar-refractivity contribution is 6.07. The molecule has 5 heteroatoms. The highest BCUT2D eigenvalue weighted by Gasteiger charge is 2.45. The molecule has 0 saturated carbocycles. The van der Waals surface area contributed by atoms with E-state index >= 15 is 0 Å². The minimum absolute atomic E-state index is 0.0768. The molecule has 0 aliphatic carbocycles. The summed E-state index contributed by atoms with van der Waals surface area (Å²) >= 11 is 0. The molecule has 0 aromatic heterocycles. The number of anilines is 1. The van der Waals surface area contributed by atoms with Crippen molar-refractivity contribution in [2.24, 2.45) is 0 Å². The van der Waals surface area contributed by atoms with E-state index in [1.165, 1.54) is 6.07 Å². The molecule has 112 valence electrons. The summed E-state index contributed by atoms with van der Waals surface area (Å²) in [5.74, 6) is -1.84. The molecule has 3 rings (SSSR count). The second-order valence-corrected chi connectivity index (χ2v) is 4.99. The van der Waals surface area contributed by atoms with Crippen LogP contribution in [0.2, 0.25) is 0 Å². The highest BCUT2D eigenvalue weighted by atomic mass is 19.4. The summed E-state index contributed by atoms with van der Waals surface area (Å²) in [6, 6.07) is 15.9. The Bertz CT molecular complexity index is 735. The first-order valence-electron chi connectivity index (χ1n) is 6.70. The lowest BCUT2D eigenvalue weighted by Gasteiger charge is -2.18. The summed E-state index contributed by atoms with van der Waals surface area (Å²) < 4.78 is 38.2. The van der Waals surface area contributed by atoms with Crippen molar-refractivity contribution in [2.75, 3.05) is 11.4 Å². The maximum Gasteiger partial charge on any atom is 0.471 e. The summed E-state index contributed by atoms with van der Waals surface area (Å²) in [5.41, 5.74) is 2.53. The first-order valence-corrected chi connectivity index (χ1v) is 6.70. The van der Waals surface area contributed by atoms with E-state index < -0.39 is 12.1 Å². The summed E-state index contributed by atoms with van der Waals surface area (Å²) in [6.45, 7) is -0.0768. The number of carbonyl (C=O) groups excluding carboxylic acids is 1. The van der Waals surface area contributed by atoms with E-state index in [2.05, 4.69) is 0 Å². The second kappa shape index (κ2) is 5.33. The maximum atomic E-state index is 12.7. The first kappa shape index (κ1) is 14.4. The molecule has 1 heterocycles. The van der Waals surface area contributed by atoms with Crippen LogP contribution in [0.1, 0.15) is 11.1 Å². The van der Waals surface area contributed by atoms with Crippen molar-refractivity contribution in [2.45, 2.75) is 6.18 Å². The third-order valence-electron chi connectivity index (χ3n) is 3.50. The second-order valence-electron chi connectivity index (χ2n) is 4.99. The van der Waals surface area contributed by atoms with Crippen LogP contribution in [0.25, 0.3) is 11.6 Å². The summed E-state index contributed by atoms with van der Waals surface area (Å²) in [4.78, 5) is 12.4. The van der Waals surface area contributed by atoms with Crippen molar-refractivity contribution in [3.05, 3.63) is 65.7 Å². The van der Waals surface area contributed by atoms with Crippen molar-refractivity contribution in [1.82, 2.24) is 0 Å². The van der Waals surface area contributed by atoms with Gasteiger partial charge in [0.05, 0.1) is 12.2 Å². The number of hydrogen-bond donors (Lipinski definition) is 0. The molecule has 1 aliphatic rings. The van der Waals surface area contributed by atoms with Crippen LogP contribution in [0, 0.1) is 0 Å². The van der Waals surface area contributed by atoms with Crippen molar-refractivity contribution in [1.29, 1.82) is 0 Å². The number of carbonyl (C=O) groups is 1. The zero-order valence-electron chi connectivity index (χ0n) is 11.5. The Hall–Kier alpha value is -2.56. The normalized spacial score (nSPS) is 16.0. The van der Waals surface area contributed by atoms with Crippen LogP contribution >= 0.6 is 0 Å². The van der Waals surface area contributed by atoms with E-state index in [4.69, 9.17) is 0 Å². The maximum absolute atomic E-state index is 12.7. The van der Waals surface area contributed by atoms with Crippen molar-refractivity contribution in [3.63, 3.8) is 0 Å². The van der Waals surface area contributed by atoms with E-state index in [1.807, 2.05) is 36.4 Å². The van der Waals surface area contributed by atoms with Crippen LogP contribution in [-0.2, 0) is 4.79 Å². The third kappa shape index (κ3) is 2.62. The molecule has 22 heavy (non-hydrogen) atoms. The molecule has 0 radical (unpaired) electrons. The lowest BCUT2D eigenvalue weighted by molar-refractivity contribution is -0.170. The number of nitrogens with zero attached hydrogens (tertiary/aromatic N) is 1. The average molecular weight is 303 g/mol. The molecule has 0 saturated heterocycles. The number of benzene rings is 2. The van der Waals surface area contributed by atoms with Gasteiger partial charge in [-0.15, -0.1) is 0 Å². The van der Waals surface area contributed by atoms with Gasteiger partial charge in [-0.3, -0.25) is 9.69 Å². The largest absolute Gasteiger partial charge is 0.471 e. The molecule has 0 spiro atoms. The minimum atomic E-state index is -4.88. The van der Waals surface area contributed by atoms with E-state index in [0.29, 0.717) is 16.8 Å². The Balaban J connectivity index is 2.03. The fourth-order valence-electron chi connectivity index (χ4n) is 2.53. The van der Waals surface area contributed by atoms with E-state index in [0.717, 1.165) is 10.5 Å². The number of para-hydroxylation sites is 1. The average Bonchev–Trinajstić information content (AvgIpc) is 2.85. The van der Waals surface area contributed by atoms with Gasteiger partial charge in [-0.05, 0) is 23.3 Å². The lowest BCUT2D eigenvalue weighted by atomic mass is 10.0. The zero-order valence-corrected chi connectivity index (χ0v) is 11.5. The topological polar surface area (TPSA) is 20.3 Å². The quantitative estimate of drug-likeness (QED) is 0.775. The standard InChI is InChI=1S/C17H12F3NO/c18-17(19,20)16(22)21-11-13(10-12-6-2-1-3-7-12)14-8-4-5-9-15(14)21/h1-10H,11H2/b13-10+. The van der Waals surface area contributed by atoms with Crippen molar-refractivity contribution in [3.8, 4) is 0 Å². The van der Waals surface area contributed by atoms with E-state index in [1.54, 1.807) is 18.2 Å². The lowest BCUT2D eigenvalue weighted by Crippen LogP contribution is -2.39. The van der Waals surface area contributed by atoms with Gasteiger partial charge in [0.2, 0.25) is 0 Å². The molecule has 1 amide bonds. The molecule has 0 N–H and O–H groups in total. The summed E-state index contributed by atoms with van der Waals surface area (Å²) in [7, 11) is 0. The van der Waals surface area contributed by atoms with Gasteiger partial charge >= 0.3 is 12.1 Å². The number of halogens is 3. The number of hydrogen-bond acceptors (Lipinski definition) is 1. The highest BCUT2D eigenvalue weighted by Crippen LogP contribution is 2.38. The van der Waals surface area contributed by atoms with Crippen LogP contribution in [0.15, 0.2) is 54.6 Å². The van der Waals surface area contributed by atoms with Gasteiger partial charge in [-0.25, -0.2) is 0 Å². The van der Waals surface area contributed by atoms with E-state index in [9.17, 15) is 18.0 Å². The molecular formula is C17H12F3NO. The Morgan fingerprint density at radius 3 is 2.32 bits per heavy atom. The molecule has 0 unspecified atom stereocenters. The molecule has 0 atom stereocenters. The van der Waals surface area contributed by atoms with E-state index in [-0.39, 0.29) is 6.54 Å². The number of alkyl halides is 3. The van der Waals surface area contributed by atoms with Gasteiger partial charge in [0.25, 0.3) is 0 Å². The van der Waals surface area contributed by atoms with Gasteiger partial charge in [0.15, 0.2) is 0 Å². The van der Waals surface area contributed by atoms with Gasteiger partial charge in [-0.1, -0.05) is 48.5 Å².